The lowest BCUT2D eigenvalue weighted by molar-refractivity contribution is 0.102. The van der Waals surface area contributed by atoms with E-state index in [1.807, 2.05) is 24.3 Å². The molecule has 0 saturated heterocycles. The maximum Gasteiger partial charge on any atom is 0.274 e. The predicted molar refractivity (Wildman–Crippen MR) is 68.1 cm³/mol. The highest BCUT2D eigenvalue weighted by Crippen LogP contribution is 2.36. The molecule has 3 rings (SSSR count). The summed E-state index contributed by atoms with van der Waals surface area (Å²) < 4.78 is 1.71. The summed E-state index contributed by atoms with van der Waals surface area (Å²) in [5.74, 6) is -0.160. The van der Waals surface area contributed by atoms with Gasteiger partial charge in [-0.15, -0.1) is 0 Å². The van der Waals surface area contributed by atoms with Gasteiger partial charge in [0.1, 0.15) is 5.69 Å². The Balaban J connectivity index is 2.23. The molecule has 2 N–H and O–H groups in total. The van der Waals surface area contributed by atoms with Crippen LogP contribution in [0.4, 0.5) is 17.1 Å². The van der Waals surface area contributed by atoms with E-state index in [9.17, 15) is 4.79 Å². The zero-order valence-corrected chi connectivity index (χ0v) is 9.88. The van der Waals surface area contributed by atoms with Gasteiger partial charge < -0.3 is 15.2 Å². The van der Waals surface area contributed by atoms with Gasteiger partial charge in [0.2, 0.25) is 0 Å². The van der Waals surface area contributed by atoms with Gasteiger partial charge in [-0.05, 0) is 12.1 Å². The number of anilines is 3. The first-order valence-electron chi connectivity index (χ1n) is 5.19. The Morgan fingerprint density at radius 1 is 1.18 bits per heavy atom. The number of amides is 1. The van der Waals surface area contributed by atoms with E-state index in [4.69, 9.17) is 11.6 Å². The predicted octanol–water partition coefficient (Wildman–Crippen LogP) is 2.99. The number of nitrogens with zero attached hydrogens (tertiary/aromatic N) is 1. The third-order valence-electron chi connectivity index (χ3n) is 2.79. The van der Waals surface area contributed by atoms with Crippen LogP contribution in [0.5, 0.6) is 0 Å². The molecule has 2 aromatic rings. The monoisotopic (exact) mass is 247 g/mol. The van der Waals surface area contributed by atoms with Crippen LogP contribution in [0.3, 0.4) is 0 Å². The third-order valence-corrected chi connectivity index (χ3v) is 3.07. The van der Waals surface area contributed by atoms with Crippen LogP contribution >= 0.6 is 11.6 Å². The van der Waals surface area contributed by atoms with E-state index in [1.165, 1.54) is 0 Å². The highest BCUT2D eigenvalue weighted by Gasteiger charge is 2.24. The summed E-state index contributed by atoms with van der Waals surface area (Å²) in [4.78, 5) is 12.1. The van der Waals surface area contributed by atoms with Gasteiger partial charge in [-0.1, -0.05) is 23.7 Å². The summed E-state index contributed by atoms with van der Waals surface area (Å²) in [6.07, 6.45) is 1.72. The Morgan fingerprint density at radius 2 is 1.82 bits per heavy atom. The molecule has 86 valence electrons. The zero-order chi connectivity index (χ0) is 12.0. The number of halogens is 1. The van der Waals surface area contributed by atoms with Gasteiger partial charge in [0, 0.05) is 13.2 Å². The van der Waals surface area contributed by atoms with Crippen molar-refractivity contribution in [3.8, 4) is 0 Å². The molecule has 0 radical (unpaired) electrons. The summed E-state index contributed by atoms with van der Waals surface area (Å²) in [5.41, 5.74) is 2.78. The van der Waals surface area contributed by atoms with Crippen molar-refractivity contribution in [1.29, 1.82) is 0 Å². The Bertz CT molecular complexity index is 618. The molecule has 0 bridgehead atoms. The number of fused-ring (bicyclic) bond motifs is 2. The summed E-state index contributed by atoms with van der Waals surface area (Å²) >= 11 is 6.10. The van der Waals surface area contributed by atoms with Crippen LogP contribution in [-0.2, 0) is 7.05 Å². The van der Waals surface area contributed by atoms with Crippen molar-refractivity contribution in [3.63, 3.8) is 0 Å². The van der Waals surface area contributed by atoms with Crippen molar-refractivity contribution in [2.24, 2.45) is 7.05 Å². The molecule has 0 saturated carbocycles. The molecule has 1 aromatic heterocycles. The Kier molecular flexibility index (Phi) is 2.12. The molecule has 0 spiro atoms. The molecule has 4 nitrogen and oxygen atoms in total. The van der Waals surface area contributed by atoms with Crippen molar-refractivity contribution in [2.45, 2.75) is 0 Å². The van der Waals surface area contributed by atoms with Gasteiger partial charge in [-0.3, -0.25) is 4.79 Å². The number of benzene rings is 1. The van der Waals surface area contributed by atoms with E-state index >= 15 is 0 Å². The third kappa shape index (κ3) is 1.49. The Morgan fingerprint density at radius 3 is 2.53 bits per heavy atom. The first-order valence-corrected chi connectivity index (χ1v) is 5.57. The van der Waals surface area contributed by atoms with Crippen molar-refractivity contribution in [1.82, 2.24) is 4.57 Å². The average Bonchev–Trinajstić information content (AvgIpc) is 2.49. The summed E-state index contributed by atoms with van der Waals surface area (Å²) in [6.45, 7) is 0. The highest BCUT2D eigenvalue weighted by molar-refractivity contribution is 6.35. The molecule has 1 aliphatic rings. The van der Waals surface area contributed by atoms with E-state index in [0.717, 1.165) is 11.4 Å². The fraction of sp³-hybridized carbons (Fsp3) is 0.0833. The first kappa shape index (κ1) is 10.2. The van der Waals surface area contributed by atoms with Gasteiger partial charge in [0.25, 0.3) is 5.91 Å². The zero-order valence-electron chi connectivity index (χ0n) is 9.12. The number of aromatic nitrogens is 1. The standard InChI is InChI=1S/C12H10ClN3O/c1-16-6-7(13)10-11(16)12(17)15-9-5-3-2-4-8(9)14-10/h2-6,14H,1H3,(H,15,17). The number of aryl methyl sites for hydroxylation is 1. The van der Waals surface area contributed by atoms with Gasteiger partial charge >= 0.3 is 0 Å². The second-order valence-corrected chi connectivity index (χ2v) is 4.34. The molecule has 0 unspecified atom stereocenters. The van der Waals surface area contributed by atoms with E-state index in [2.05, 4.69) is 10.6 Å². The van der Waals surface area contributed by atoms with E-state index < -0.39 is 0 Å². The molecule has 1 aliphatic heterocycles. The molecule has 1 amide bonds. The van der Waals surface area contributed by atoms with Gasteiger partial charge in [-0.25, -0.2) is 0 Å². The molecule has 17 heavy (non-hydrogen) atoms. The van der Waals surface area contributed by atoms with Crippen LogP contribution in [-0.4, -0.2) is 10.5 Å². The first-order chi connectivity index (χ1) is 8.16. The maximum atomic E-state index is 12.1. The van der Waals surface area contributed by atoms with Crippen molar-refractivity contribution in [3.05, 3.63) is 41.2 Å². The van der Waals surface area contributed by atoms with Crippen LogP contribution in [0, 0.1) is 0 Å². The minimum atomic E-state index is -0.160. The molecule has 5 heteroatoms. The lowest BCUT2D eigenvalue weighted by Gasteiger charge is -2.06. The molecule has 2 heterocycles. The molecular weight excluding hydrogens is 238 g/mol. The van der Waals surface area contributed by atoms with E-state index in [-0.39, 0.29) is 5.91 Å². The second-order valence-electron chi connectivity index (χ2n) is 3.94. The summed E-state index contributed by atoms with van der Waals surface area (Å²) in [5, 5.41) is 6.57. The van der Waals surface area contributed by atoms with Crippen LogP contribution < -0.4 is 10.6 Å². The molecule has 1 aromatic carbocycles. The van der Waals surface area contributed by atoms with Gasteiger partial charge in [0.15, 0.2) is 0 Å². The minimum Gasteiger partial charge on any atom is -0.351 e. The molecule has 0 atom stereocenters. The largest absolute Gasteiger partial charge is 0.351 e. The van der Waals surface area contributed by atoms with E-state index in [1.54, 1.807) is 17.8 Å². The summed E-state index contributed by atoms with van der Waals surface area (Å²) in [7, 11) is 1.79. The van der Waals surface area contributed by atoms with Crippen molar-refractivity contribution >= 4 is 34.6 Å². The summed E-state index contributed by atoms with van der Waals surface area (Å²) in [6, 6.07) is 7.52. The number of hydrogen-bond acceptors (Lipinski definition) is 2. The van der Waals surface area contributed by atoms with Gasteiger partial charge in [-0.2, -0.15) is 0 Å². The average molecular weight is 248 g/mol. The quantitative estimate of drug-likeness (QED) is 0.752. The number of nitrogens with one attached hydrogen (secondary N) is 2. The second kappa shape index (κ2) is 3.53. The number of rotatable bonds is 0. The van der Waals surface area contributed by atoms with Crippen LogP contribution in [0.15, 0.2) is 30.5 Å². The smallest absolute Gasteiger partial charge is 0.274 e. The van der Waals surface area contributed by atoms with Crippen LogP contribution in [0.1, 0.15) is 10.5 Å². The SMILES string of the molecule is Cn1cc(Cl)c2c1C(=O)Nc1ccccc1N2. The van der Waals surface area contributed by atoms with Crippen LogP contribution in [0.2, 0.25) is 5.02 Å². The topological polar surface area (TPSA) is 46.1 Å². The van der Waals surface area contributed by atoms with Gasteiger partial charge in [0.05, 0.1) is 22.1 Å². The normalized spacial score (nSPS) is 13.2. The molecular formula is C12H10ClN3O. The molecule has 0 aliphatic carbocycles. The highest BCUT2D eigenvalue weighted by atomic mass is 35.5. The fourth-order valence-electron chi connectivity index (χ4n) is 2.00. The Hall–Kier alpha value is -1.94. The van der Waals surface area contributed by atoms with E-state index in [0.29, 0.717) is 16.4 Å². The fourth-order valence-corrected chi connectivity index (χ4v) is 2.28. The minimum absolute atomic E-state index is 0.160. The number of para-hydroxylation sites is 2. The molecule has 0 fully saturated rings. The number of hydrogen-bond donors (Lipinski definition) is 2. The maximum absolute atomic E-state index is 12.1. The lowest BCUT2D eigenvalue weighted by Crippen LogP contribution is -2.14. The lowest BCUT2D eigenvalue weighted by atomic mass is 10.2. The van der Waals surface area contributed by atoms with Crippen LogP contribution in [0.25, 0.3) is 0 Å². The number of carbonyl (C=O) groups excluding carboxylic acids is 1. The Labute approximate surface area is 103 Å². The van der Waals surface area contributed by atoms with Crippen molar-refractivity contribution in [2.75, 3.05) is 10.6 Å². The van der Waals surface area contributed by atoms with Crippen molar-refractivity contribution < 1.29 is 4.79 Å². The number of carbonyl (C=O) groups is 1.